The minimum absolute atomic E-state index is 0.00310. The van der Waals surface area contributed by atoms with Gasteiger partial charge in [-0.2, -0.15) is 4.31 Å². The lowest BCUT2D eigenvalue weighted by Crippen LogP contribution is -2.50. The maximum Gasteiger partial charge on any atom is 0.407 e. The van der Waals surface area contributed by atoms with Gasteiger partial charge in [0.1, 0.15) is 0 Å². The third kappa shape index (κ3) is 3.89. The van der Waals surface area contributed by atoms with Crippen molar-refractivity contribution in [1.82, 2.24) is 9.21 Å². The molecule has 2 rings (SSSR count). The van der Waals surface area contributed by atoms with E-state index >= 15 is 0 Å². The van der Waals surface area contributed by atoms with Crippen LogP contribution in [0.4, 0.5) is 14.9 Å². The first-order chi connectivity index (χ1) is 11.2. The second-order valence-corrected chi connectivity index (χ2v) is 7.00. The Morgan fingerprint density at radius 1 is 1.12 bits per heavy atom. The molecule has 1 aliphatic rings. The number of amides is 2. The Morgan fingerprint density at radius 2 is 1.67 bits per heavy atom. The molecule has 0 saturated carbocycles. The van der Waals surface area contributed by atoms with Crippen molar-refractivity contribution in [3.8, 4) is 0 Å². The lowest BCUT2D eigenvalue weighted by molar-refractivity contribution is -0.114. The van der Waals surface area contributed by atoms with Crippen LogP contribution in [-0.4, -0.2) is 60.9 Å². The van der Waals surface area contributed by atoms with Gasteiger partial charge in [0.25, 0.3) is 5.91 Å². The summed E-state index contributed by atoms with van der Waals surface area (Å²) in [5, 5.41) is 11.1. The van der Waals surface area contributed by atoms with E-state index in [2.05, 4.69) is 11.9 Å². The van der Waals surface area contributed by atoms with E-state index in [9.17, 15) is 22.4 Å². The van der Waals surface area contributed by atoms with E-state index in [0.717, 1.165) is 4.90 Å². The van der Waals surface area contributed by atoms with Crippen molar-refractivity contribution in [1.29, 1.82) is 0 Å². The number of anilines is 1. The quantitative estimate of drug-likeness (QED) is 0.785. The molecule has 0 bridgehead atoms. The molecule has 130 valence electrons. The van der Waals surface area contributed by atoms with E-state index in [-0.39, 0.29) is 36.8 Å². The number of hydrogen-bond acceptors (Lipinski definition) is 4. The van der Waals surface area contributed by atoms with Gasteiger partial charge in [0.05, 0.1) is 4.90 Å². The maximum absolute atomic E-state index is 12.6. The molecule has 8 nitrogen and oxygen atoms in total. The van der Waals surface area contributed by atoms with Crippen molar-refractivity contribution in [2.75, 3.05) is 31.5 Å². The summed E-state index contributed by atoms with van der Waals surface area (Å²) >= 11 is 0. The number of carbonyl (C=O) groups excluding carboxylic acids is 1. The fraction of sp³-hybridized carbons (Fsp3) is 0.286. The number of rotatable bonds is 4. The van der Waals surface area contributed by atoms with Gasteiger partial charge in [-0.25, -0.2) is 17.6 Å². The SMILES string of the molecule is C=C(F)C(=O)Nc1ccc(S(=O)(=O)N2CCN(C(=O)O)CC2)cc1. The van der Waals surface area contributed by atoms with Gasteiger partial charge < -0.3 is 15.3 Å². The van der Waals surface area contributed by atoms with Crippen LogP contribution in [0.25, 0.3) is 0 Å². The van der Waals surface area contributed by atoms with Gasteiger partial charge in [-0.1, -0.05) is 6.58 Å². The lowest BCUT2D eigenvalue weighted by atomic mass is 10.3. The molecule has 0 atom stereocenters. The van der Waals surface area contributed by atoms with Gasteiger partial charge in [0, 0.05) is 31.9 Å². The predicted octanol–water partition coefficient (Wildman–Crippen LogP) is 1.09. The summed E-state index contributed by atoms with van der Waals surface area (Å²) in [6.07, 6.45) is -1.08. The first-order valence-corrected chi connectivity index (χ1v) is 8.39. The van der Waals surface area contributed by atoms with Crippen LogP contribution in [0.1, 0.15) is 0 Å². The molecule has 10 heteroatoms. The summed E-state index contributed by atoms with van der Waals surface area (Å²) in [6.45, 7) is 3.19. The Hall–Kier alpha value is -2.46. The average molecular weight is 357 g/mol. The van der Waals surface area contributed by atoms with Crippen LogP contribution in [0.3, 0.4) is 0 Å². The number of nitrogens with one attached hydrogen (secondary N) is 1. The molecule has 1 fully saturated rings. The fourth-order valence-electron chi connectivity index (χ4n) is 2.18. The highest BCUT2D eigenvalue weighted by molar-refractivity contribution is 7.89. The monoisotopic (exact) mass is 357 g/mol. The molecule has 2 N–H and O–H groups in total. The first kappa shape index (κ1) is 17.9. The second kappa shape index (κ2) is 6.97. The van der Waals surface area contributed by atoms with Crippen molar-refractivity contribution >= 4 is 27.7 Å². The fourth-order valence-corrected chi connectivity index (χ4v) is 3.60. The molecule has 1 saturated heterocycles. The summed E-state index contributed by atoms with van der Waals surface area (Å²) in [6, 6.07) is 5.24. The Morgan fingerprint density at radius 3 is 2.12 bits per heavy atom. The number of hydrogen-bond donors (Lipinski definition) is 2. The Labute approximate surface area is 138 Å². The molecule has 1 aromatic rings. The average Bonchev–Trinajstić information content (AvgIpc) is 2.55. The normalized spacial score (nSPS) is 15.8. The van der Waals surface area contributed by atoms with Crippen LogP contribution in [-0.2, 0) is 14.8 Å². The van der Waals surface area contributed by atoms with Crippen LogP contribution in [0.5, 0.6) is 0 Å². The van der Waals surface area contributed by atoms with Gasteiger partial charge in [0.2, 0.25) is 10.0 Å². The van der Waals surface area contributed by atoms with E-state index in [1.807, 2.05) is 0 Å². The topological polar surface area (TPSA) is 107 Å². The van der Waals surface area contributed by atoms with Gasteiger partial charge in [0.15, 0.2) is 5.83 Å². The number of nitrogens with zero attached hydrogens (tertiary/aromatic N) is 2. The largest absolute Gasteiger partial charge is 0.465 e. The van der Waals surface area contributed by atoms with Crippen molar-refractivity contribution in [3.63, 3.8) is 0 Å². The number of halogens is 1. The van der Waals surface area contributed by atoms with Crippen molar-refractivity contribution in [2.24, 2.45) is 0 Å². The zero-order valence-corrected chi connectivity index (χ0v) is 13.4. The number of piperazine rings is 1. The minimum Gasteiger partial charge on any atom is -0.465 e. The molecule has 0 aromatic heterocycles. The molecule has 1 aliphatic heterocycles. The summed E-state index contributed by atoms with van der Waals surface area (Å²) in [5.41, 5.74) is 0.230. The zero-order chi connectivity index (χ0) is 17.9. The van der Waals surface area contributed by atoms with Crippen molar-refractivity contribution in [3.05, 3.63) is 36.7 Å². The summed E-state index contributed by atoms with van der Waals surface area (Å²) in [4.78, 5) is 23.2. The highest BCUT2D eigenvalue weighted by atomic mass is 32.2. The van der Waals surface area contributed by atoms with E-state index in [1.54, 1.807) is 0 Å². The Bertz CT molecular complexity index is 755. The Kier molecular flexibility index (Phi) is 5.20. The van der Waals surface area contributed by atoms with E-state index in [1.165, 1.54) is 28.6 Å². The third-order valence-electron chi connectivity index (χ3n) is 3.51. The van der Waals surface area contributed by atoms with Crippen LogP contribution < -0.4 is 5.32 Å². The maximum atomic E-state index is 12.6. The van der Waals surface area contributed by atoms with Crippen LogP contribution in [0.2, 0.25) is 0 Å². The van der Waals surface area contributed by atoms with E-state index in [0.29, 0.717) is 0 Å². The third-order valence-corrected chi connectivity index (χ3v) is 5.42. The highest BCUT2D eigenvalue weighted by Crippen LogP contribution is 2.20. The number of carboxylic acid groups (broad SMARTS) is 1. The second-order valence-electron chi connectivity index (χ2n) is 5.06. The molecular weight excluding hydrogens is 341 g/mol. The molecule has 1 heterocycles. The minimum atomic E-state index is -3.76. The molecule has 0 aliphatic carbocycles. The number of carbonyl (C=O) groups is 2. The van der Waals surface area contributed by atoms with Crippen molar-refractivity contribution < 1.29 is 27.5 Å². The molecule has 24 heavy (non-hydrogen) atoms. The lowest BCUT2D eigenvalue weighted by Gasteiger charge is -2.32. The van der Waals surface area contributed by atoms with Gasteiger partial charge in [-0.05, 0) is 24.3 Å². The summed E-state index contributed by atoms with van der Waals surface area (Å²) in [5.74, 6) is -2.15. The number of benzene rings is 1. The van der Waals surface area contributed by atoms with Gasteiger partial charge >= 0.3 is 6.09 Å². The van der Waals surface area contributed by atoms with Gasteiger partial charge in [-0.3, -0.25) is 4.79 Å². The smallest absolute Gasteiger partial charge is 0.407 e. The first-order valence-electron chi connectivity index (χ1n) is 6.95. The molecule has 0 radical (unpaired) electrons. The predicted molar refractivity (Wildman–Crippen MR) is 83.7 cm³/mol. The van der Waals surface area contributed by atoms with Crippen LogP contribution in [0.15, 0.2) is 41.6 Å². The molecule has 0 unspecified atom stereocenters. The standard InChI is InChI=1S/C14H16FN3O5S/c1-10(15)13(19)16-11-2-4-12(5-3-11)24(22,23)18-8-6-17(7-9-18)14(20)21/h2-5H,1,6-9H2,(H,16,19)(H,20,21). The summed E-state index contributed by atoms with van der Waals surface area (Å²) < 4.78 is 38.8. The molecule has 0 spiro atoms. The Balaban J connectivity index is 2.09. The highest BCUT2D eigenvalue weighted by Gasteiger charge is 2.29. The molecule has 1 aromatic carbocycles. The van der Waals surface area contributed by atoms with Crippen molar-refractivity contribution in [2.45, 2.75) is 4.90 Å². The summed E-state index contributed by atoms with van der Waals surface area (Å²) in [7, 11) is -3.76. The number of sulfonamides is 1. The van der Waals surface area contributed by atoms with E-state index < -0.39 is 27.9 Å². The van der Waals surface area contributed by atoms with Crippen LogP contribution >= 0.6 is 0 Å². The van der Waals surface area contributed by atoms with E-state index in [4.69, 9.17) is 5.11 Å². The van der Waals surface area contributed by atoms with Gasteiger partial charge in [-0.15, -0.1) is 0 Å². The van der Waals surface area contributed by atoms with Crippen LogP contribution in [0, 0.1) is 0 Å². The molecule has 2 amide bonds. The molecular formula is C14H16FN3O5S. The zero-order valence-electron chi connectivity index (χ0n) is 12.6.